The number of halogens is 4. The fourth-order valence-corrected chi connectivity index (χ4v) is 1.16. The van der Waals surface area contributed by atoms with Gasteiger partial charge in [-0.15, -0.1) is 11.6 Å². The Morgan fingerprint density at radius 2 is 2.07 bits per heavy atom. The van der Waals surface area contributed by atoms with Crippen molar-refractivity contribution in [1.29, 1.82) is 0 Å². The Morgan fingerprint density at radius 1 is 1.43 bits per heavy atom. The topological polar surface area (TPSA) is 22.1 Å². The molecule has 0 atom stereocenters. The molecule has 14 heavy (non-hydrogen) atoms. The van der Waals surface area contributed by atoms with Crippen molar-refractivity contribution in [3.63, 3.8) is 0 Å². The van der Waals surface area contributed by atoms with Gasteiger partial charge in [0.05, 0.1) is 24.2 Å². The Bertz CT molecular complexity index is 327. The molecule has 0 spiro atoms. The van der Waals surface area contributed by atoms with E-state index in [2.05, 4.69) is 9.72 Å². The molecule has 0 aliphatic rings. The van der Waals surface area contributed by atoms with Crippen molar-refractivity contribution in [2.24, 2.45) is 0 Å². The van der Waals surface area contributed by atoms with Gasteiger partial charge in [-0.05, 0) is 6.07 Å². The molecule has 0 aliphatic carbocycles. The van der Waals surface area contributed by atoms with Gasteiger partial charge in [-0.1, -0.05) is 0 Å². The van der Waals surface area contributed by atoms with Gasteiger partial charge in [-0.2, -0.15) is 13.2 Å². The number of ether oxygens (including phenoxy) is 1. The van der Waals surface area contributed by atoms with Crippen molar-refractivity contribution in [2.75, 3.05) is 7.11 Å². The lowest BCUT2D eigenvalue weighted by Gasteiger charge is -2.10. The molecule has 2 nitrogen and oxygen atoms in total. The third-order valence-corrected chi connectivity index (χ3v) is 1.84. The maximum Gasteiger partial charge on any atom is 0.418 e. The van der Waals surface area contributed by atoms with Crippen LogP contribution in [0.2, 0.25) is 0 Å². The molecule has 78 valence electrons. The first-order valence-corrected chi connectivity index (χ1v) is 4.19. The van der Waals surface area contributed by atoms with Crippen LogP contribution in [0.15, 0.2) is 12.1 Å². The summed E-state index contributed by atoms with van der Waals surface area (Å²) < 4.78 is 41.7. The number of pyridine rings is 1. The highest BCUT2D eigenvalue weighted by Gasteiger charge is 2.33. The summed E-state index contributed by atoms with van der Waals surface area (Å²) in [5, 5.41) is 0. The van der Waals surface area contributed by atoms with Gasteiger partial charge in [-0.3, -0.25) is 0 Å². The summed E-state index contributed by atoms with van der Waals surface area (Å²) in [5.74, 6) is -0.180. The minimum absolute atomic E-state index is 0.119. The molecule has 0 saturated heterocycles. The number of aromatic nitrogens is 1. The summed E-state index contributed by atoms with van der Waals surface area (Å²) in [7, 11) is 1.33. The molecule has 0 bridgehead atoms. The van der Waals surface area contributed by atoms with Gasteiger partial charge in [0.1, 0.15) is 0 Å². The molecule has 0 amide bonds. The normalized spacial score (nSPS) is 11.5. The maximum absolute atomic E-state index is 12.3. The van der Waals surface area contributed by atoms with Crippen molar-refractivity contribution in [3.05, 3.63) is 23.4 Å². The molecule has 0 aliphatic heterocycles. The predicted octanol–water partition coefficient (Wildman–Crippen LogP) is 2.85. The van der Waals surface area contributed by atoms with Gasteiger partial charge in [-0.25, -0.2) is 4.98 Å². The van der Waals surface area contributed by atoms with Crippen LogP contribution in [0.1, 0.15) is 11.3 Å². The Kier molecular flexibility index (Phi) is 3.21. The molecule has 0 aromatic carbocycles. The summed E-state index contributed by atoms with van der Waals surface area (Å²) in [6.45, 7) is 0. The van der Waals surface area contributed by atoms with Crippen LogP contribution in [-0.4, -0.2) is 12.1 Å². The average molecular weight is 226 g/mol. The highest BCUT2D eigenvalue weighted by molar-refractivity contribution is 6.17. The summed E-state index contributed by atoms with van der Waals surface area (Å²) in [6, 6.07) is 2.06. The van der Waals surface area contributed by atoms with E-state index in [1.807, 2.05) is 0 Å². The van der Waals surface area contributed by atoms with Gasteiger partial charge in [0.2, 0.25) is 5.88 Å². The maximum atomic E-state index is 12.3. The molecular weight excluding hydrogens is 219 g/mol. The van der Waals surface area contributed by atoms with E-state index in [1.165, 1.54) is 7.11 Å². The lowest BCUT2D eigenvalue weighted by atomic mass is 10.2. The number of hydrogen-bond acceptors (Lipinski definition) is 2. The van der Waals surface area contributed by atoms with E-state index in [9.17, 15) is 13.2 Å². The standard InChI is InChI=1S/C8H7ClF3NO/c1-14-7-3-2-5(8(10,11)12)6(4-9)13-7/h2-3H,4H2,1H3. The number of hydrogen-bond donors (Lipinski definition) is 0. The van der Waals surface area contributed by atoms with E-state index < -0.39 is 11.7 Å². The fraction of sp³-hybridized carbons (Fsp3) is 0.375. The number of alkyl halides is 4. The third kappa shape index (κ3) is 2.29. The van der Waals surface area contributed by atoms with E-state index in [4.69, 9.17) is 11.6 Å². The second-order valence-corrected chi connectivity index (χ2v) is 2.75. The smallest absolute Gasteiger partial charge is 0.418 e. The van der Waals surface area contributed by atoms with Crippen molar-refractivity contribution in [1.82, 2.24) is 4.98 Å². The summed E-state index contributed by atoms with van der Waals surface area (Å²) in [4.78, 5) is 3.60. The van der Waals surface area contributed by atoms with Crippen molar-refractivity contribution < 1.29 is 17.9 Å². The van der Waals surface area contributed by atoms with E-state index in [0.717, 1.165) is 12.1 Å². The van der Waals surface area contributed by atoms with Gasteiger partial charge in [0.15, 0.2) is 0 Å². The van der Waals surface area contributed by atoms with E-state index >= 15 is 0 Å². The quantitative estimate of drug-likeness (QED) is 0.722. The van der Waals surface area contributed by atoms with Crippen LogP contribution in [0.3, 0.4) is 0 Å². The van der Waals surface area contributed by atoms with Gasteiger partial charge < -0.3 is 4.74 Å². The van der Waals surface area contributed by atoms with Gasteiger partial charge in [0.25, 0.3) is 0 Å². The molecule has 0 radical (unpaired) electrons. The molecule has 0 saturated carbocycles. The van der Waals surface area contributed by atoms with Gasteiger partial charge >= 0.3 is 6.18 Å². The molecule has 0 fully saturated rings. The first kappa shape index (κ1) is 11.1. The lowest BCUT2D eigenvalue weighted by molar-refractivity contribution is -0.138. The number of methoxy groups -OCH3 is 1. The van der Waals surface area contributed by atoms with Gasteiger partial charge in [0, 0.05) is 6.07 Å². The zero-order valence-corrected chi connectivity index (χ0v) is 7.99. The van der Waals surface area contributed by atoms with Crippen LogP contribution in [0.4, 0.5) is 13.2 Å². The highest BCUT2D eigenvalue weighted by Crippen LogP contribution is 2.32. The Morgan fingerprint density at radius 3 is 2.50 bits per heavy atom. The van der Waals surface area contributed by atoms with Crippen LogP contribution in [-0.2, 0) is 12.1 Å². The molecule has 6 heteroatoms. The molecule has 1 aromatic rings. The molecule has 0 N–H and O–H groups in total. The van der Waals surface area contributed by atoms with Crippen LogP contribution in [0.5, 0.6) is 5.88 Å². The third-order valence-electron chi connectivity index (χ3n) is 1.59. The Hall–Kier alpha value is -0.970. The SMILES string of the molecule is COc1ccc(C(F)(F)F)c(CCl)n1. The minimum Gasteiger partial charge on any atom is -0.481 e. The molecule has 1 heterocycles. The fourth-order valence-electron chi connectivity index (χ4n) is 0.955. The van der Waals surface area contributed by atoms with Crippen LogP contribution < -0.4 is 4.74 Å². The number of rotatable bonds is 2. The highest BCUT2D eigenvalue weighted by atomic mass is 35.5. The summed E-state index contributed by atoms with van der Waals surface area (Å²) in [6.07, 6.45) is -4.43. The molecule has 1 rings (SSSR count). The molecule has 0 unspecified atom stereocenters. The van der Waals surface area contributed by atoms with E-state index in [1.54, 1.807) is 0 Å². The second kappa shape index (κ2) is 4.04. The summed E-state index contributed by atoms with van der Waals surface area (Å²) >= 11 is 5.35. The predicted molar refractivity (Wildman–Crippen MR) is 45.3 cm³/mol. The molecule has 1 aromatic heterocycles. The summed E-state index contributed by atoms with van der Waals surface area (Å²) in [5.41, 5.74) is -1.05. The Balaban J connectivity index is 3.18. The first-order valence-electron chi connectivity index (χ1n) is 3.66. The lowest BCUT2D eigenvalue weighted by Crippen LogP contribution is -2.10. The monoisotopic (exact) mass is 225 g/mol. The largest absolute Gasteiger partial charge is 0.481 e. The van der Waals surface area contributed by atoms with Crippen LogP contribution in [0.25, 0.3) is 0 Å². The van der Waals surface area contributed by atoms with E-state index in [-0.39, 0.29) is 17.5 Å². The van der Waals surface area contributed by atoms with Crippen LogP contribution in [0, 0.1) is 0 Å². The zero-order valence-electron chi connectivity index (χ0n) is 7.23. The van der Waals surface area contributed by atoms with Crippen LogP contribution >= 0.6 is 11.6 Å². The number of nitrogens with zero attached hydrogens (tertiary/aromatic N) is 1. The zero-order chi connectivity index (χ0) is 10.8. The second-order valence-electron chi connectivity index (χ2n) is 2.48. The minimum atomic E-state index is -4.43. The first-order chi connectivity index (χ1) is 6.49. The van der Waals surface area contributed by atoms with Crippen molar-refractivity contribution in [3.8, 4) is 5.88 Å². The Labute approximate surface area is 83.7 Å². The average Bonchev–Trinajstić information content (AvgIpc) is 2.15. The van der Waals surface area contributed by atoms with Crippen molar-refractivity contribution >= 4 is 11.6 Å². The van der Waals surface area contributed by atoms with E-state index in [0.29, 0.717) is 0 Å². The molecular formula is C8H7ClF3NO. The van der Waals surface area contributed by atoms with Crippen molar-refractivity contribution in [2.45, 2.75) is 12.1 Å².